The van der Waals surface area contributed by atoms with Gasteiger partial charge < -0.3 is 10.1 Å². The predicted octanol–water partition coefficient (Wildman–Crippen LogP) is 5.36. The van der Waals surface area contributed by atoms with Crippen LogP contribution in [0.1, 0.15) is 31.0 Å². The molecule has 1 N–H and O–H groups in total. The Morgan fingerprint density at radius 3 is 2.52 bits per heavy atom. The Labute approximate surface area is 133 Å². The Morgan fingerprint density at radius 1 is 1.19 bits per heavy atom. The first kappa shape index (κ1) is 16.0. The maximum Gasteiger partial charge on any atom is 0.141 e. The third-order valence-corrected chi connectivity index (χ3v) is 3.94. The third-order valence-electron chi connectivity index (χ3n) is 3.32. The summed E-state index contributed by atoms with van der Waals surface area (Å²) >= 11 is 3.54. The number of hydrogen-bond donors (Lipinski definition) is 1. The number of halogens is 2. The molecule has 0 amide bonds. The lowest BCUT2D eigenvalue weighted by Crippen LogP contribution is -2.17. The minimum atomic E-state index is -0.256. The summed E-state index contributed by atoms with van der Waals surface area (Å²) < 4.78 is 19.8. The molecule has 2 aromatic carbocycles. The van der Waals surface area contributed by atoms with E-state index in [0.29, 0.717) is 5.75 Å². The average Bonchev–Trinajstić information content (AvgIpc) is 2.44. The average molecular weight is 352 g/mol. The van der Waals surface area contributed by atoms with E-state index in [9.17, 15) is 4.39 Å². The lowest BCUT2D eigenvalue weighted by Gasteiger charge is -2.15. The molecule has 0 aliphatic carbocycles. The van der Waals surface area contributed by atoms with Gasteiger partial charge in [0.05, 0.1) is 4.47 Å². The lowest BCUT2D eigenvalue weighted by atomic mass is 10.1. The van der Waals surface area contributed by atoms with E-state index in [2.05, 4.69) is 35.1 Å². The van der Waals surface area contributed by atoms with Crippen LogP contribution in [0, 0.1) is 12.7 Å². The number of ether oxygens (including phenoxy) is 1. The Kier molecular flexibility index (Phi) is 5.37. The van der Waals surface area contributed by atoms with Gasteiger partial charge in [0.15, 0.2) is 0 Å². The fourth-order valence-corrected chi connectivity index (χ4v) is 2.62. The van der Waals surface area contributed by atoms with Crippen molar-refractivity contribution in [2.45, 2.75) is 26.8 Å². The molecule has 0 saturated carbocycles. The second-order valence-corrected chi connectivity index (χ2v) is 5.84. The zero-order chi connectivity index (χ0) is 15.4. The summed E-state index contributed by atoms with van der Waals surface area (Å²) in [4.78, 5) is 0. The van der Waals surface area contributed by atoms with Gasteiger partial charge in [0.25, 0.3) is 0 Å². The normalized spacial score (nSPS) is 12.2. The van der Waals surface area contributed by atoms with Crippen molar-refractivity contribution in [2.75, 3.05) is 6.54 Å². The van der Waals surface area contributed by atoms with E-state index in [-0.39, 0.29) is 11.9 Å². The molecule has 2 aromatic rings. The quantitative estimate of drug-likeness (QED) is 0.782. The van der Waals surface area contributed by atoms with Crippen LogP contribution in [0.4, 0.5) is 4.39 Å². The Bertz CT molecular complexity index is 630. The van der Waals surface area contributed by atoms with Gasteiger partial charge in [-0.15, -0.1) is 0 Å². The zero-order valence-corrected chi connectivity index (χ0v) is 14.0. The van der Waals surface area contributed by atoms with Crippen LogP contribution >= 0.6 is 15.9 Å². The number of nitrogens with one attached hydrogen (secondary N) is 1. The Morgan fingerprint density at radius 2 is 1.90 bits per heavy atom. The van der Waals surface area contributed by atoms with Crippen molar-refractivity contribution in [3.05, 3.63) is 57.8 Å². The van der Waals surface area contributed by atoms with Crippen molar-refractivity contribution >= 4 is 15.9 Å². The van der Waals surface area contributed by atoms with Crippen LogP contribution in [0.3, 0.4) is 0 Å². The summed E-state index contributed by atoms with van der Waals surface area (Å²) in [5.74, 6) is 1.12. The molecule has 1 unspecified atom stereocenters. The SMILES string of the molecule is CCNC(C)c1ccc(Oc2ccc(F)cc2C)c(Br)c1. The van der Waals surface area contributed by atoms with Gasteiger partial charge in [-0.2, -0.15) is 0 Å². The molecular weight excluding hydrogens is 333 g/mol. The second kappa shape index (κ2) is 7.05. The summed E-state index contributed by atoms with van der Waals surface area (Å²) in [6.07, 6.45) is 0. The molecule has 0 bridgehead atoms. The highest BCUT2D eigenvalue weighted by molar-refractivity contribution is 9.10. The first-order valence-corrected chi connectivity index (χ1v) is 7.77. The largest absolute Gasteiger partial charge is 0.456 e. The Hall–Kier alpha value is -1.39. The molecule has 0 aliphatic rings. The smallest absolute Gasteiger partial charge is 0.141 e. The predicted molar refractivity (Wildman–Crippen MR) is 87.4 cm³/mol. The topological polar surface area (TPSA) is 21.3 Å². The fourth-order valence-electron chi connectivity index (χ4n) is 2.14. The van der Waals surface area contributed by atoms with Gasteiger partial charge in [0.1, 0.15) is 17.3 Å². The van der Waals surface area contributed by atoms with Crippen molar-refractivity contribution in [3.63, 3.8) is 0 Å². The van der Waals surface area contributed by atoms with Crippen molar-refractivity contribution in [2.24, 2.45) is 0 Å². The Balaban J connectivity index is 2.21. The van der Waals surface area contributed by atoms with Crippen molar-refractivity contribution in [3.8, 4) is 11.5 Å². The summed E-state index contributed by atoms with van der Waals surface area (Å²) in [7, 11) is 0. The van der Waals surface area contributed by atoms with Crippen LogP contribution in [0.25, 0.3) is 0 Å². The molecule has 1 atom stereocenters. The molecule has 2 rings (SSSR count). The third kappa shape index (κ3) is 4.05. The standard InChI is InChI=1S/C17H19BrFNO/c1-4-20-12(3)13-5-7-17(15(18)10-13)21-16-8-6-14(19)9-11(16)2/h5-10,12,20H,4H2,1-3H3. The van der Waals surface area contributed by atoms with E-state index in [4.69, 9.17) is 4.74 Å². The zero-order valence-electron chi connectivity index (χ0n) is 12.4. The highest BCUT2D eigenvalue weighted by Crippen LogP contribution is 2.33. The number of rotatable bonds is 5. The van der Waals surface area contributed by atoms with Crippen LogP contribution in [0.15, 0.2) is 40.9 Å². The van der Waals surface area contributed by atoms with E-state index in [1.54, 1.807) is 6.07 Å². The molecule has 0 heterocycles. The fraction of sp³-hybridized carbons (Fsp3) is 0.294. The second-order valence-electron chi connectivity index (χ2n) is 4.98. The van der Waals surface area contributed by atoms with Crippen LogP contribution in [-0.4, -0.2) is 6.54 Å². The molecular formula is C17H19BrFNO. The summed E-state index contributed by atoms with van der Waals surface area (Å²) in [6.45, 7) is 6.95. The van der Waals surface area contributed by atoms with E-state index < -0.39 is 0 Å². The molecule has 4 heteroatoms. The molecule has 0 spiro atoms. The number of benzene rings is 2. The molecule has 0 fully saturated rings. The monoisotopic (exact) mass is 351 g/mol. The van der Waals surface area contributed by atoms with E-state index >= 15 is 0 Å². The molecule has 0 saturated heterocycles. The molecule has 21 heavy (non-hydrogen) atoms. The molecule has 0 radical (unpaired) electrons. The summed E-state index contributed by atoms with van der Waals surface area (Å²) in [6, 6.07) is 10.8. The lowest BCUT2D eigenvalue weighted by molar-refractivity contribution is 0.473. The minimum absolute atomic E-state index is 0.256. The molecule has 112 valence electrons. The van der Waals surface area contributed by atoms with Crippen LogP contribution in [0.5, 0.6) is 11.5 Å². The van der Waals surface area contributed by atoms with Crippen molar-refractivity contribution in [1.82, 2.24) is 5.32 Å². The number of aryl methyl sites for hydroxylation is 1. The van der Waals surface area contributed by atoms with Gasteiger partial charge in [0, 0.05) is 6.04 Å². The molecule has 0 aromatic heterocycles. The van der Waals surface area contributed by atoms with Crippen LogP contribution in [0.2, 0.25) is 0 Å². The maximum absolute atomic E-state index is 13.1. The molecule has 0 aliphatic heterocycles. The van der Waals surface area contributed by atoms with Crippen molar-refractivity contribution < 1.29 is 9.13 Å². The number of hydrogen-bond acceptors (Lipinski definition) is 2. The summed E-state index contributed by atoms with van der Waals surface area (Å²) in [5.41, 5.74) is 1.96. The minimum Gasteiger partial charge on any atom is -0.456 e. The van der Waals surface area contributed by atoms with Crippen molar-refractivity contribution in [1.29, 1.82) is 0 Å². The highest BCUT2D eigenvalue weighted by atomic mass is 79.9. The van der Waals surface area contributed by atoms with Gasteiger partial charge in [0.2, 0.25) is 0 Å². The van der Waals surface area contributed by atoms with E-state index in [1.165, 1.54) is 17.7 Å². The van der Waals surface area contributed by atoms with Crippen LogP contribution in [-0.2, 0) is 0 Å². The first-order chi connectivity index (χ1) is 10.0. The van der Waals surface area contributed by atoms with Gasteiger partial charge >= 0.3 is 0 Å². The first-order valence-electron chi connectivity index (χ1n) is 6.98. The van der Waals surface area contributed by atoms with Gasteiger partial charge in [-0.25, -0.2) is 4.39 Å². The van der Waals surface area contributed by atoms with Gasteiger partial charge in [-0.1, -0.05) is 13.0 Å². The maximum atomic E-state index is 13.1. The van der Waals surface area contributed by atoms with Gasteiger partial charge in [-0.3, -0.25) is 0 Å². The van der Waals surface area contributed by atoms with E-state index in [0.717, 1.165) is 22.3 Å². The van der Waals surface area contributed by atoms with Gasteiger partial charge in [-0.05, 0) is 77.8 Å². The highest BCUT2D eigenvalue weighted by Gasteiger charge is 2.10. The molecule has 2 nitrogen and oxygen atoms in total. The van der Waals surface area contributed by atoms with Crippen LogP contribution < -0.4 is 10.1 Å². The summed E-state index contributed by atoms with van der Waals surface area (Å²) in [5, 5.41) is 3.37. The van der Waals surface area contributed by atoms with E-state index in [1.807, 2.05) is 25.1 Å².